The Morgan fingerprint density at radius 2 is 1.39 bits per heavy atom. The van der Waals surface area contributed by atoms with Crippen LogP contribution in [-0.4, -0.2) is 18.3 Å². The molecule has 0 aromatic heterocycles. The molecule has 0 radical (unpaired) electrons. The van der Waals surface area contributed by atoms with Crippen LogP contribution in [0.25, 0.3) is 5.57 Å². The van der Waals surface area contributed by atoms with Crippen LogP contribution < -0.4 is 5.19 Å². The minimum Gasteiger partial charge on any atom is -0.0656 e. The summed E-state index contributed by atoms with van der Waals surface area (Å²) < 4.78 is 0. The molecular formula is C36H44Si2. The molecule has 0 aliphatic heterocycles. The van der Waals surface area contributed by atoms with Gasteiger partial charge in [-0.3, -0.25) is 0 Å². The van der Waals surface area contributed by atoms with E-state index in [0.29, 0.717) is 17.4 Å². The zero-order valence-electron chi connectivity index (χ0n) is 25.1. The molecule has 38 heavy (non-hydrogen) atoms. The summed E-state index contributed by atoms with van der Waals surface area (Å²) in [5.41, 5.74) is 18.4. The first-order valence-corrected chi connectivity index (χ1v) is 18.9. The Morgan fingerprint density at radius 1 is 0.763 bits per heavy atom. The van der Waals surface area contributed by atoms with E-state index in [1.807, 2.05) is 0 Å². The van der Waals surface area contributed by atoms with Crippen molar-refractivity contribution in [1.29, 1.82) is 0 Å². The average Bonchev–Trinajstić information content (AvgIpc) is 3.29. The molecule has 0 fully saturated rings. The number of rotatable bonds is 4. The minimum absolute atomic E-state index is 0.305. The Hall–Kier alpha value is -2.69. The lowest BCUT2D eigenvalue weighted by atomic mass is 9.76. The Kier molecular flexibility index (Phi) is 6.94. The van der Waals surface area contributed by atoms with Crippen molar-refractivity contribution in [1.82, 2.24) is 0 Å². The summed E-state index contributed by atoms with van der Waals surface area (Å²) in [4.78, 5) is 0. The lowest BCUT2D eigenvalue weighted by Crippen LogP contribution is -2.41. The number of allylic oxidation sites excluding steroid dienone is 12. The second-order valence-electron chi connectivity index (χ2n) is 13.0. The summed E-state index contributed by atoms with van der Waals surface area (Å²) in [5, 5.41) is 1.63. The molecular weight excluding hydrogens is 489 g/mol. The van der Waals surface area contributed by atoms with E-state index >= 15 is 0 Å². The summed E-state index contributed by atoms with van der Waals surface area (Å²) in [6, 6.07) is 16.0. The highest BCUT2D eigenvalue weighted by atomic mass is 28.3. The molecule has 0 saturated heterocycles. The third-order valence-electron chi connectivity index (χ3n) is 9.28. The normalized spacial score (nSPS) is 23.8. The van der Waals surface area contributed by atoms with E-state index in [-0.39, 0.29) is 0 Å². The third-order valence-corrected chi connectivity index (χ3v) is 13.1. The molecule has 2 aromatic carbocycles. The van der Waals surface area contributed by atoms with Crippen molar-refractivity contribution >= 4 is 29.1 Å². The zero-order valence-corrected chi connectivity index (χ0v) is 28.1. The van der Waals surface area contributed by atoms with Gasteiger partial charge in [0.15, 0.2) is 0 Å². The van der Waals surface area contributed by atoms with Crippen molar-refractivity contribution in [3.05, 3.63) is 128 Å². The fourth-order valence-electron chi connectivity index (χ4n) is 7.41. The fraction of sp³-hybridized carbons (Fsp3) is 0.333. The van der Waals surface area contributed by atoms with Gasteiger partial charge in [-0.15, -0.1) is 0 Å². The standard InChI is InChI=1S/C36H44Si2/c1-21-15-16-30-34(32(25(21)5)29-18-23(3)36(24(4)19-29)38(7,8)9)33(26(6)35(30)37)31-20-28(17-22(31)2)27-13-11-10-12-14-27/h10-20,31-32,35H,1-9,37H3. The van der Waals surface area contributed by atoms with Gasteiger partial charge in [0.05, 0.1) is 8.07 Å². The van der Waals surface area contributed by atoms with Crippen LogP contribution in [0.4, 0.5) is 0 Å². The molecule has 5 rings (SSSR count). The lowest BCUT2D eigenvalue weighted by molar-refractivity contribution is 0.839. The summed E-state index contributed by atoms with van der Waals surface area (Å²) in [5.74, 6) is 0.652. The van der Waals surface area contributed by atoms with E-state index < -0.39 is 8.07 Å². The van der Waals surface area contributed by atoms with Crippen molar-refractivity contribution in [2.75, 3.05) is 0 Å². The van der Waals surface area contributed by atoms with Gasteiger partial charge >= 0.3 is 0 Å². The predicted molar refractivity (Wildman–Crippen MR) is 174 cm³/mol. The van der Waals surface area contributed by atoms with Crippen LogP contribution in [-0.2, 0) is 0 Å². The maximum atomic E-state index is 2.54. The van der Waals surface area contributed by atoms with Gasteiger partial charge in [-0.1, -0.05) is 125 Å². The van der Waals surface area contributed by atoms with Crippen molar-refractivity contribution in [3.8, 4) is 0 Å². The van der Waals surface area contributed by atoms with Crippen LogP contribution >= 0.6 is 0 Å². The molecule has 0 bridgehead atoms. The number of hydrogen-bond donors (Lipinski definition) is 0. The predicted octanol–water partition coefficient (Wildman–Crippen LogP) is 8.28. The van der Waals surface area contributed by atoms with Crippen molar-refractivity contribution in [2.45, 2.75) is 72.6 Å². The summed E-state index contributed by atoms with van der Waals surface area (Å²) in [6.07, 6.45) is 9.82. The summed E-state index contributed by atoms with van der Waals surface area (Å²) in [6.45, 7) is 21.6. The van der Waals surface area contributed by atoms with E-state index in [2.05, 4.69) is 128 Å². The van der Waals surface area contributed by atoms with E-state index in [1.165, 1.54) is 44.5 Å². The van der Waals surface area contributed by atoms with Gasteiger partial charge in [-0.05, 0) is 80.5 Å². The third kappa shape index (κ3) is 4.46. The smallest absolute Gasteiger partial charge is 0.0656 e. The highest BCUT2D eigenvalue weighted by Crippen LogP contribution is 2.55. The Labute approximate surface area is 235 Å². The molecule has 0 heterocycles. The average molecular weight is 533 g/mol. The topological polar surface area (TPSA) is 0 Å². The monoisotopic (exact) mass is 532 g/mol. The van der Waals surface area contributed by atoms with E-state index in [4.69, 9.17) is 0 Å². The molecule has 2 heteroatoms. The summed E-state index contributed by atoms with van der Waals surface area (Å²) >= 11 is 0. The molecule has 0 saturated carbocycles. The molecule has 0 spiro atoms. The molecule has 196 valence electrons. The molecule has 0 amide bonds. The first kappa shape index (κ1) is 26.9. The SMILES string of the molecule is CC1=CC(c2ccccc2)=CC1C1=C(C)C([SiH3])C2=C1C(c1cc(C)c([Si](C)(C)C)c(C)c1)C(C)=C(C)C=C2. The van der Waals surface area contributed by atoms with Gasteiger partial charge in [-0.25, -0.2) is 0 Å². The highest BCUT2D eigenvalue weighted by molar-refractivity contribution is 6.89. The van der Waals surface area contributed by atoms with Crippen LogP contribution in [0.1, 0.15) is 55.9 Å². The number of benzene rings is 2. The molecule has 0 nitrogen and oxygen atoms in total. The Morgan fingerprint density at radius 3 is 2.00 bits per heavy atom. The Balaban J connectivity index is 1.70. The largest absolute Gasteiger partial charge is 0.0782 e. The molecule has 3 atom stereocenters. The second-order valence-corrected chi connectivity index (χ2v) is 19.1. The van der Waals surface area contributed by atoms with Gasteiger partial charge in [0, 0.05) is 22.1 Å². The molecule has 3 aliphatic carbocycles. The summed E-state index contributed by atoms with van der Waals surface area (Å²) in [7, 11) is -0.286. The van der Waals surface area contributed by atoms with Gasteiger partial charge in [-0.2, -0.15) is 0 Å². The van der Waals surface area contributed by atoms with E-state index in [1.54, 1.807) is 27.5 Å². The molecule has 2 aromatic rings. The van der Waals surface area contributed by atoms with Crippen LogP contribution in [0.15, 0.2) is 106 Å². The number of aryl methyl sites for hydroxylation is 2. The van der Waals surface area contributed by atoms with Crippen LogP contribution in [0.5, 0.6) is 0 Å². The van der Waals surface area contributed by atoms with Gasteiger partial charge in [0.25, 0.3) is 0 Å². The van der Waals surface area contributed by atoms with E-state index in [0.717, 1.165) is 10.2 Å². The van der Waals surface area contributed by atoms with Crippen molar-refractivity contribution in [3.63, 3.8) is 0 Å². The van der Waals surface area contributed by atoms with Gasteiger partial charge in [0.1, 0.15) is 0 Å². The maximum absolute atomic E-state index is 2.54. The van der Waals surface area contributed by atoms with Gasteiger partial charge < -0.3 is 0 Å². The van der Waals surface area contributed by atoms with Crippen LogP contribution in [0.3, 0.4) is 0 Å². The molecule has 3 unspecified atom stereocenters. The van der Waals surface area contributed by atoms with E-state index in [9.17, 15) is 0 Å². The maximum Gasteiger partial charge on any atom is 0.0782 e. The van der Waals surface area contributed by atoms with Crippen LogP contribution in [0.2, 0.25) is 25.2 Å². The fourth-order valence-corrected chi connectivity index (χ4v) is 10.7. The van der Waals surface area contributed by atoms with Crippen molar-refractivity contribution in [2.24, 2.45) is 5.92 Å². The van der Waals surface area contributed by atoms with Gasteiger partial charge in [0.2, 0.25) is 0 Å². The second kappa shape index (κ2) is 9.81. The first-order valence-electron chi connectivity index (χ1n) is 14.3. The lowest BCUT2D eigenvalue weighted by Gasteiger charge is -2.30. The Bertz CT molecular complexity index is 1470. The first-order chi connectivity index (χ1) is 17.9. The van der Waals surface area contributed by atoms with Crippen molar-refractivity contribution < 1.29 is 0 Å². The van der Waals surface area contributed by atoms with Crippen LogP contribution in [0, 0.1) is 19.8 Å². The quantitative estimate of drug-likeness (QED) is 0.348. The molecule has 0 N–H and O–H groups in total. The molecule has 3 aliphatic rings. The number of hydrogen-bond acceptors (Lipinski definition) is 0. The minimum atomic E-state index is -1.42. The highest BCUT2D eigenvalue weighted by Gasteiger charge is 2.39. The zero-order chi connectivity index (χ0) is 27.5.